The minimum absolute atomic E-state index is 0.0242. The zero-order chi connectivity index (χ0) is 30.3. The summed E-state index contributed by atoms with van der Waals surface area (Å²) in [4.78, 5) is 21.5. The molecule has 0 aliphatic carbocycles. The number of aryl methyl sites for hydroxylation is 1. The summed E-state index contributed by atoms with van der Waals surface area (Å²) >= 11 is 5.89. The van der Waals surface area contributed by atoms with Gasteiger partial charge in [-0.25, -0.2) is 14.1 Å². The molecule has 0 radical (unpaired) electrons. The van der Waals surface area contributed by atoms with Crippen molar-refractivity contribution in [3.63, 3.8) is 0 Å². The molecule has 13 heteroatoms. The van der Waals surface area contributed by atoms with Gasteiger partial charge in [-0.05, 0) is 58.0 Å². The van der Waals surface area contributed by atoms with Crippen molar-refractivity contribution in [2.75, 3.05) is 25.6 Å². The second kappa shape index (κ2) is 13.6. The second-order valence-electron chi connectivity index (χ2n) is 9.20. The van der Waals surface area contributed by atoms with Crippen LogP contribution in [0.3, 0.4) is 0 Å². The highest BCUT2D eigenvalue weighted by Crippen LogP contribution is 2.32. The number of amidine groups is 1. The Morgan fingerprint density at radius 1 is 1.15 bits per heavy atom. The molecule has 0 spiro atoms. The number of allylic oxidation sites excluding steroid dienone is 3. The van der Waals surface area contributed by atoms with Crippen LogP contribution in [0, 0.1) is 12.7 Å². The Kier molecular flexibility index (Phi) is 10.4. The standard InChI is InChI=1S/C28H29ClF4N6O2/c1-16(2)10-22(19-12-20(15-34-14-19)27(40)35-8-9-41-5)26(39-17(3)11-25(38-39)28(31,32)33)37-18(4)36-21-6-7-24(30)23(29)13-21/h6-7,10-15H,8-9H2,1-5H3,(H,35,40)(H,36,37)/b26-22-. The van der Waals surface area contributed by atoms with Crippen LogP contribution in [0.2, 0.25) is 5.02 Å². The van der Waals surface area contributed by atoms with Crippen molar-refractivity contribution in [2.45, 2.75) is 33.9 Å². The fourth-order valence-electron chi connectivity index (χ4n) is 3.66. The number of alkyl halides is 3. The maximum Gasteiger partial charge on any atom is 0.435 e. The number of carbonyl (C=O) groups excluding carboxylic acids is 1. The van der Waals surface area contributed by atoms with E-state index in [1.165, 1.54) is 44.6 Å². The quantitative estimate of drug-likeness (QED) is 0.0960. The van der Waals surface area contributed by atoms with Crippen molar-refractivity contribution in [1.29, 1.82) is 0 Å². The maximum atomic E-state index is 13.7. The van der Waals surface area contributed by atoms with Crippen LogP contribution in [0.1, 0.15) is 48.1 Å². The van der Waals surface area contributed by atoms with Crippen LogP contribution in [-0.2, 0) is 10.9 Å². The molecular formula is C28H29ClF4N6O2. The first kappa shape index (κ1) is 31.5. The second-order valence-corrected chi connectivity index (χ2v) is 9.61. The van der Waals surface area contributed by atoms with Gasteiger partial charge in [0.25, 0.3) is 5.91 Å². The summed E-state index contributed by atoms with van der Waals surface area (Å²) in [6.45, 7) is 7.25. The largest absolute Gasteiger partial charge is 0.435 e. The van der Waals surface area contributed by atoms with Gasteiger partial charge in [0.15, 0.2) is 11.5 Å². The normalized spacial score (nSPS) is 12.6. The van der Waals surface area contributed by atoms with Gasteiger partial charge in [-0.15, -0.1) is 0 Å². The van der Waals surface area contributed by atoms with E-state index in [4.69, 9.17) is 16.3 Å². The number of aromatic nitrogens is 3. The average molecular weight is 593 g/mol. The van der Waals surface area contributed by atoms with E-state index >= 15 is 0 Å². The number of nitrogens with zero attached hydrogens (tertiary/aromatic N) is 4. The minimum atomic E-state index is -4.69. The summed E-state index contributed by atoms with van der Waals surface area (Å²) in [6.07, 6.45) is -0.136. The van der Waals surface area contributed by atoms with E-state index in [-0.39, 0.29) is 34.5 Å². The molecule has 41 heavy (non-hydrogen) atoms. The fourth-order valence-corrected chi connectivity index (χ4v) is 3.84. The molecular weight excluding hydrogens is 564 g/mol. The van der Waals surface area contributed by atoms with E-state index in [0.29, 0.717) is 23.4 Å². The molecule has 0 saturated heterocycles. The van der Waals surface area contributed by atoms with Gasteiger partial charge >= 0.3 is 6.18 Å². The number of carbonyl (C=O) groups is 1. The third-order valence-corrected chi connectivity index (χ3v) is 5.76. The summed E-state index contributed by atoms with van der Waals surface area (Å²) < 4.78 is 60.5. The molecule has 3 rings (SSSR count). The number of amides is 1. The number of aliphatic imine (C=N–C) groups is 1. The first-order valence-corrected chi connectivity index (χ1v) is 12.7. The number of hydrogen-bond acceptors (Lipinski definition) is 5. The Morgan fingerprint density at radius 3 is 2.46 bits per heavy atom. The molecule has 0 unspecified atom stereocenters. The number of rotatable bonds is 9. The lowest BCUT2D eigenvalue weighted by Crippen LogP contribution is -2.27. The van der Waals surface area contributed by atoms with Gasteiger partial charge < -0.3 is 15.4 Å². The summed E-state index contributed by atoms with van der Waals surface area (Å²) in [6, 6.07) is 6.44. The number of halogens is 5. The highest BCUT2D eigenvalue weighted by Gasteiger charge is 2.35. The van der Waals surface area contributed by atoms with Gasteiger partial charge in [-0.3, -0.25) is 9.78 Å². The van der Waals surface area contributed by atoms with Crippen LogP contribution >= 0.6 is 11.6 Å². The van der Waals surface area contributed by atoms with Crippen LogP contribution in [0.5, 0.6) is 0 Å². The van der Waals surface area contributed by atoms with Crippen LogP contribution in [0.25, 0.3) is 11.4 Å². The van der Waals surface area contributed by atoms with E-state index in [2.05, 4.69) is 25.7 Å². The van der Waals surface area contributed by atoms with Crippen molar-refractivity contribution in [3.8, 4) is 0 Å². The molecule has 3 aromatic rings. The van der Waals surface area contributed by atoms with Gasteiger partial charge in [0.1, 0.15) is 11.7 Å². The highest BCUT2D eigenvalue weighted by molar-refractivity contribution is 6.31. The molecule has 0 aliphatic rings. The van der Waals surface area contributed by atoms with Gasteiger partial charge in [0.05, 0.1) is 17.2 Å². The number of anilines is 1. The fraction of sp³-hybridized carbons (Fsp3) is 0.286. The Hall–Kier alpha value is -4.03. The molecule has 1 amide bonds. The summed E-state index contributed by atoms with van der Waals surface area (Å²) in [5.41, 5.74) is 1.25. The summed E-state index contributed by atoms with van der Waals surface area (Å²) in [5.74, 6) is -0.745. The van der Waals surface area contributed by atoms with Crippen molar-refractivity contribution in [1.82, 2.24) is 20.1 Å². The van der Waals surface area contributed by atoms with Crippen molar-refractivity contribution in [3.05, 3.63) is 87.7 Å². The predicted octanol–water partition coefficient (Wildman–Crippen LogP) is 6.60. The number of methoxy groups -OCH3 is 1. The Morgan fingerprint density at radius 2 is 1.85 bits per heavy atom. The Bertz CT molecular complexity index is 1510. The van der Waals surface area contributed by atoms with E-state index < -0.39 is 23.6 Å². The van der Waals surface area contributed by atoms with Gasteiger partial charge in [0.2, 0.25) is 0 Å². The molecule has 0 atom stereocenters. The molecule has 2 aromatic heterocycles. The van der Waals surface area contributed by atoms with E-state index in [1.54, 1.807) is 32.9 Å². The predicted molar refractivity (Wildman–Crippen MR) is 151 cm³/mol. The van der Waals surface area contributed by atoms with Crippen LogP contribution in [0.4, 0.5) is 23.2 Å². The monoisotopic (exact) mass is 592 g/mol. The minimum Gasteiger partial charge on any atom is -0.383 e. The number of hydrogen-bond donors (Lipinski definition) is 2. The van der Waals surface area contributed by atoms with Crippen LogP contribution in [0.15, 0.2) is 59.4 Å². The third-order valence-electron chi connectivity index (χ3n) is 5.47. The first-order valence-electron chi connectivity index (χ1n) is 12.3. The maximum absolute atomic E-state index is 13.7. The van der Waals surface area contributed by atoms with Gasteiger partial charge in [-0.2, -0.15) is 18.3 Å². The molecule has 218 valence electrons. The molecule has 0 saturated carbocycles. The number of nitrogens with one attached hydrogen (secondary N) is 2. The van der Waals surface area contributed by atoms with Gasteiger partial charge in [-0.1, -0.05) is 23.3 Å². The van der Waals surface area contributed by atoms with E-state index in [9.17, 15) is 22.4 Å². The number of benzene rings is 1. The number of ether oxygens (including phenoxy) is 1. The highest BCUT2D eigenvalue weighted by atomic mass is 35.5. The molecule has 8 nitrogen and oxygen atoms in total. The topological polar surface area (TPSA) is 93.4 Å². The van der Waals surface area contributed by atoms with Crippen molar-refractivity contribution >= 4 is 40.4 Å². The molecule has 2 heterocycles. The van der Waals surface area contributed by atoms with E-state index in [1.807, 2.05) is 0 Å². The molecule has 0 fully saturated rings. The average Bonchev–Trinajstić information content (AvgIpc) is 3.30. The first-order chi connectivity index (χ1) is 19.3. The Labute approximate surface area is 239 Å². The summed E-state index contributed by atoms with van der Waals surface area (Å²) in [7, 11) is 1.51. The van der Waals surface area contributed by atoms with Crippen LogP contribution in [-0.4, -0.2) is 46.8 Å². The lowest BCUT2D eigenvalue weighted by molar-refractivity contribution is -0.141. The summed E-state index contributed by atoms with van der Waals surface area (Å²) in [5, 5.41) is 9.38. The SMILES string of the molecule is COCCNC(=O)c1cncc(/C(C=C(C)C)=C(/N=C(\C)Nc2ccc(F)c(Cl)c2)n2nc(C(F)(F)F)cc2C)c1. The van der Waals surface area contributed by atoms with Crippen molar-refractivity contribution in [2.24, 2.45) is 4.99 Å². The van der Waals surface area contributed by atoms with Gasteiger partial charge in [0, 0.05) is 48.6 Å². The lowest BCUT2D eigenvalue weighted by Gasteiger charge is -2.15. The smallest absolute Gasteiger partial charge is 0.383 e. The molecule has 2 N–H and O–H groups in total. The van der Waals surface area contributed by atoms with Crippen LogP contribution < -0.4 is 10.6 Å². The Balaban J connectivity index is 2.24. The van der Waals surface area contributed by atoms with E-state index in [0.717, 1.165) is 16.3 Å². The zero-order valence-electron chi connectivity index (χ0n) is 23.0. The zero-order valence-corrected chi connectivity index (χ0v) is 23.8. The molecule has 0 bridgehead atoms. The lowest BCUT2D eigenvalue weighted by atomic mass is 10.0. The molecule has 0 aliphatic heterocycles. The number of pyridine rings is 1. The third kappa shape index (κ3) is 8.48. The molecule has 1 aromatic carbocycles. The van der Waals surface area contributed by atoms with Crippen molar-refractivity contribution < 1.29 is 27.1 Å².